The second-order valence-electron chi connectivity index (χ2n) is 6.82. The van der Waals surface area contributed by atoms with Crippen LogP contribution in [0.5, 0.6) is 0 Å². The first-order valence-corrected chi connectivity index (χ1v) is 11.1. The summed E-state index contributed by atoms with van der Waals surface area (Å²) >= 11 is 7.48. The third kappa shape index (κ3) is 6.37. The molecule has 0 saturated carbocycles. The van der Waals surface area contributed by atoms with Gasteiger partial charge in [-0.05, 0) is 42.3 Å². The van der Waals surface area contributed by atoms with Gasteiger partial charge < -0.3 is 10.6 Å². The number of carbonyl (C=O) groups excluding carboxylic acids is 2. The van der Waals surface area contributed by atoms with Gasteiger partial charge in [0.2, 0.25) is 5.91 Å². The molecule has 0 aliphatic heterocycles. The van der Waals surface area contributed by atoms with Crippen molar-refractivity contribution < 1.29 is 9.59 Å². The molecule has 0 aliphatic rings. The fourth-order valence-electron chi connectivity index (χ4n) is 2.96. The van der Waals surface area contributed by atoms with Crippen molar-refractivity contribution in [2.24, 2.45) is 0 Å². The first-order chi connectivity index (χ1) is 14.5. The summed E-state index contributed by atoms with van der Waals surface area (Å²) in [5.41, 5.74) is 3.02. The molecule has 0 fully saturated rings. The Morgan fingerprint density at radius 3 is 2.47 bits per heavy atom. The summed E-state index contributed by atoms with van der Waals surface area (Å²) in [6, 6.07) is 24.2. The topological polar surface area (TPSA) is 58.2 Å². The van der Waals surface area contributed by atoms with Crippen LogP contribution in [-0.4, -0.2) is 17.6 Å². The highest BCUT2D eigenvalue weighted by Crippen LogP contribution is 2.20. The highest BCUT2D eigenvalue weighted by atomic mass is 35.5. The van der Waals surface area contributed by atoms with E-state index in [-0.39, 0.29) is 23.6 Å². The minimum atomic E-state index is -0.228. The standard InChI is InChI=1S/C24H23ClN2O2S/c1-17(19-9-3-2-4-10-19)26-24(29)21-12-5-6-13-22(21)27-23(28)16-30-15-18-8-7-11-20(25)14-18/h2-14,17H,15-16H2,1H3,(H,26,29)(H,27,28). The summed E-state index contributed by atoms with van der Waals surface area (Å²) in [7, 11) is 0. The lowest BCUT2D eigenvalue weighted by molar-refractivity contribution is -0.113. The van der Waals surface area contributed by atoms with E-state index >= 15 is 0 Å². The van der Waals surface area contributed by atoms with Crippen molar-refractivity contribution in [2.75, 3.05) is 11.1 Å². The number of rotatable bonds is 8. The number of anilines is 1. The van der Waals surface area contributed by atoms with Crippen molar-refractivity contribution in [1.29, 1.82) is 0 Å². The minimum absolute atomic E-state index is 0.143. The highest BCUT2D eigenvalue weighted by Gasteiger charge is 2.16. The van der Waals surface area contributed by atoms with Gasteiger partial charge >= 0.3 is 0 Å². The average molecular weight is 439 g/mol. The van der Waals surface area contributed by atoms with Gasteiger partial charge in [0.05, 0.1) is 23.0 Å². The maximum absolute atomic E-state index is 12.8. The normalized spacial score (nSPS) is 11.5. The highest BCUT2D eigenvalue weighted by molar-refractivity contribution is 7.99. The molecule has 1 atom stereocenters. The van der Waals surface area contributed by atoms with E-state index < -0.39 is 0 Å². The SMILES string of the molecule is CC(NC(=O)c1ccccc1NC(=O)CSCc1cccc(Cl)c1)c1ccccc1. The monoisotopic (exact) mass is 438 g/mol. The summed E-state index contributed by atoms with van der Waals surface area (Å²) in [6.07, 6.45) is 0. The van der Waals surface area contributed by atoms with Crippen LogP contribution in [0.4, 0.5) is 5.69 Å². The molecular formula is C24H23ClN2O2S. The average Bonchev–Trinajstić information content (AvgIpc) is 2.74. The summed E-state index contributed by atoms with van der Waals surface area (Å²) in [4.78, 5) is 25.2. The molecule has 2 N–H and O–H groups in total. The van der Waals surface area contributed by atoms with Crippen molar-refractivity contribution in [3.05, 3.63) is 101 Å². The van der Waals surface area contributed by atoms with E-state index in [0.29, 0.717) is 22.0 Å². The molecule has 0 radical (unpaired) electrons. The number of hydrogen-bond donors (Lipinski definition) is 2. The van der Waals surface area contributed by atoms with Crippen LogP contribution >= 0.6 is 23.4 Å². The van der Waals surface area contributed by atoms with Gasteiger partial charge in [-0.15, -0.1) is 11.8 Å². The molecule has 3 rings (SSSR count). The molecule has 2 amide bonds. The lowest BCUT2D eigenvalue weighted by atomic mass is 10.1. The Balaban J connectivity index is 1.57. The molecule has 3 aromatic rings. The van der Waals surface area contributed by atoms with Gasteiger partial charge in [0, 0.05) is 10.8 Å². The van der Waals surface area contributed by atoms with E-state index in [1.54, 1.807) is 24.3 Å². The maximum Gasteiger partial charge on any atom is 0.253 e. The second-order valence-corrected chi connectivity index (χ2v) is 8.24. The largest absolute Gasteiger partial charge is 0.345 e. The Morgan fingerprint density at radius 2 is 1.70 bits per heavy atom. The zero-order chi connectivity index (χ0) is 21.3. The van der Waals surface area contributed by atoms with Crippen molar-refractivity contribution >= 4 is 40.9 Å². The van der Waals surface area contributed by atoms with E-state index in [9.17, 15) is 9.59 Å². The van der Waals surface area contributed by atoms with Gasteiger partial charge in [-0.1, -0.05) is 66.2 Å². The summed E-state index contributed by atoms with van der Waals surface area (Å²) in [5, 5.41) is 6.53. The van der Waals surface area contributed by atoms with Crippen molar-refractivity contribution in [3.8, 4) is 0 Å². The molecule has 0 spiro atoms. The molecular weight excluding hydrogens is 416 g/mol. The molecule has 0 bridgehead atoms. The minimum Gasteiger partial charge on any atom is -0.345 e. The van der Waals surface area contributed by atoms with Crippen LogP contribution in [0.2, 0.25) is 5.02 Å². The first kappa shape index (κ1) is 21.9. The van der Waals surface area contributed by atoms with Crippen LogP contribution in [0.15, 0.2) is 78.9 Å². The van der Waals surface area contributed by atoms with Crippen molar-refractivity contribution in [2.45, 2.75) is 18.7 Å². The van der Waals surface area contributed by atoms with Crippen LogP contribution in [0.3, 0.4) is 0 Å². The quantitative estimate of drug-likeness (QED) is 0.474. The molecule has 0 aromatic heterocycles. The number of para-hydroxylation sites is 1. The Kier molecular flexibility index (Phi) is 7.94. The molecule has 1 unspecified atom stereocenters. The Hall–Kier alpha value is -2.76. The second kappa shape index (κ2) is 10.9. The van der Waals surface area contributed by atoms with Crippen LogP contribution in [0.25, 0.3) is 0 Å². The van der Waals surface area contributed by atoms with Gasteiger partial charge in [0.25, 0.3) is 5.91 Å². The molecule has 4 nitrogen and oxygen atoms in total. The molecule has 6 heteroatoms. The van der Waals surface area contributed by atoms with E-state index in [1.165, 1.54) is 11.8 Å². The molecule has 154 valence electrons. The Labute approximate surface area is 186 Å². The predicted octanol–water partition coefficient (Wildman–Crippen LogP) is 5.70. The Bertz CT molecular complexity index is 1010. The third-order valence-electron chi connectivity index (χ3n) is 4.48. The number of amides is 2. The lowest BCUT2D eigenvalue weighted by Crippen LogP contribution is -2.28. The van der Waals surface area contributed by atoms with Gasteiger partial charge in [-0.25, -0.2) is 0 Å². The molecule has 0 aliphatic carbocycles. The van der Waals surface area contributed by atoms with Gasteiger partial charge in [0.15, 0.2) is 0 Å². The summed E-state index contributed by atoms with van der Waals surface area (Å²) in [5.74, 6) is 0.584. The van der Waals surface area contributed by atoms with Crippen molar-refractivity contribution in [1.82, 2.24) is 5.32 Å². The van der Waals surface area contributed by atoms with Crippen LogP contribution in [0, 0.1) is 0 Å². The predicted molar refractivity (Wildman–Crippen MR) is 125 cm³/mol. The van der Waals surface area contributed by atoms with E-state index in [1.807, 2.05) is 61.5 Å². The Morgan fingerprint density at radius 1 is 0.967 bits per heavy atom. The summed E-state index contributed by atoms with van der Waals surface area (Å²) in [6.45, 7) is 1.93. The molecule has 3 aromatic carbocycles. The van der Waals surface area contributed by atoms with Crippen LogP contribution in [-0.2, 0) is 10.5 Å². The van der Waals surface area contributed by atoms with E-state index in [0.717, 1.165) is 11.1 Å². The number of nitrogens with one attached hydrogen (secondary N) is 2. The first-order valence-electron chi connectivity index (χ1n) is 9.60. The number of thioether (sulfide) groups is 1. The smallest absolute Gasteiger partial charge is 0.253 e. The maximum atomic E-state index is 12.8. The van der Waals surface area contributed by atoms with E-state index in [4.69, 9.17) is 11.6 Å². The fourth-order valence-corrected chi connectivity index (χ4v) is 3.95. The number of carbonyl (C=O) groups is 2. The van der Waals surface area contributed by atoms with Gasteiger partial charge in [-0.2, -0.15) is 0 Å². The van der Waals surface area contributed by atoms with Gasteiger partial charge in [-0.3, -0.25) is 9.59 Å². The third-order valence-corrected chi connectivity index (χ3v) is 5.72. The van der Waals surface area contributed by atoms with Crippen LogP contribution < -0.4 is 10.6 Å². The molecule has 0 heterocycles. The molecule has 0 saturated heterocycles. The zero-order valence-corrected chi connectivity index (χ0v) is 18.2. The van der Waals surface area contributed by atoms with Gasteiger partial charge in [0.1, 0.15) is 0 Å². The molecule has 30 heavy (non-hydrogen) atoms. The number of benzene rings is 3. The summed E-state index contributed by atoms with van der Waals surface area (Å²) < 4.78 is 0. The lowest BCUT2D eigenvalue weighted by Gasteiger charge is -2.16. The zero-order valence-electron chi connectivity index (χ0n) is 16.6. The fraction of sp³-hybridized carbons (Fsp3) is 0.167. The van der Waals surface area contributed by atoms with Crippen LogP contribution in [0.1, 0.15) is 34.5 Å². The van der Waals surface area contributed by atoms with E-state index in [2.05, 4.69) is 10.6 Å². The van der Waals surface area contributed by atoms with Crippen molar-refractivity contribution in [3.63, 3.8) is 0 Å². The number of hydrogen-bond acceptors (Lipinski definition) is 3. The number of halogens is 1.